The van der Waals surface area contributed by atoms with E-state index >= 15 is 0 Å². The van der Waals surface area contributed by atoms with Gasteiger partial charge in [-0.1, -0.05) is 0 Å². The van der Waals surface area contributed by atoms with Crippen LogP contribution in [-0.4, -0.2) is 10.8 Å². The molecule has 3 N–H and O–H groups in total. The number of hydrogen-bond donors (Lipinski definition) is 2. The molecule has 20 heavy (non-hydrogen) atoms. The zero-order valence-electron chi connectivity index (χ0n) is 10.8. The SMILES string of the molecule is Cc1ccsc1CNC(=O)c1cc(N)ccc1[N+](=O)[O-]. The number of nitrogen functional groups attached to an aromatic ring is 1. The third-order valence-corrected chi connectivity index (χ3v) is 3.86. The normalized spacial score (nSPS) is 10.2. The Morgan fingerprint density at radius 1 is 1.45 bits per heavy atom. The summed E-state index contributed by atoms with van der Waals surface area (Å²) in [6.07, 6.45) is 0. The van der Waals surface area contributed by atoms with Crippen molar-refractivity contribution in [3.8, 4) is 0 Å². The van der Waals surface area contributed by atoms with Crippen molar-refractivity contribution in [1.29, 1.82) is 0 Å². The molecule has 0 bridgehead atoms. The minimum Gasteiger partial charge on any atom is -0.399 e. The van der Waals surface area contributed by atoms with E-state index in [9.17, 15) is 14.9 Å². The predicted molar refractivity (Wildman–Crippen MR) is 77.7 cm³/mol. The van der Waals surface area contributed by atoms with E-state index in [1.807, 2.05) is 18.4 Å². The number of carbonyl (C=O) groups excluding carboxylic acids is 1. The molecule has 6 nitrogen and oxygen atoms in total. The Morgan fingerprint density at radius 2 is 2.20 bits per heavy atom. The zero-order valence-corrected chi connectivity index (χ0v) is 11.6. The van der Waals surface area contributed by atoms with Gasteiger partial charge < -0.3 is 11.1 Å². The standard InChI is InChI=1S/C13H13N3O3S/c1-8-4-5-20-12(8)7-15-13(17)10-6-9(14)2-3-11(10)16(18)19/h2-6H,7,14H2,1H3,(H,15,17). The van der Waals surface area contributed by atoms with E-state index in [0.29, 0.717) is 12.2 Å². The molecule has 1 aromatic heterocycles. The van der Waals surface area contributed by atoms with Gasteiger partial charge in [-0.05, 0) is 36.1 Å². The van der Waals surface area contributed by atoms with Gasteiger partial charge in [0.2, 0.25) is 0 Å². The van der Waals surface area contributed by atoms with Crippen LogP contribution in [0, 0.1) is 17.0 Å². The van der Waals surface area contributed by atoms with Gasteiger partial charge >= 0.3 is 0 Å². The van der Waals surface area contributed by atoms with Gasteiger partial charge in [-0.3, -0.25) is 14.9 Å². The van der Waals surface area contributed by atoms with Crippen LogP contribution in [0.5, 0.6) is 0 Å². The topological polar surface area (TPSA) is 98.3 Å². The highest BCUT2D eigenvalue weighted by Gasteiger charge is 2.20. The Hall–Kier alpha value is -2.41. The van der Waals surface area contributed by atoms with Gasteiger partial charge in [0.05, 0.1) is 11.5 Å². The highest BCUT2D eigenvalue weighted by molar-refractivity contribution is 7.10. The molecule has 1 heterocycles. The van der Waals surface area contributed by atoms with E-state index in [1.54, 1.807) is 0 Å². The molecular weight excluding hydrogens is 278 g/mol. The number of thiophene rings is 1. The number of anilines is 1. The smallest absolute Gasteiger partial charge is 0.282 e. The van der Waals surface area contributed by atoms with Crippen LogP contribution in [0.2, 0.25) is 0 Å². The minimum atomic E-state index is -0.593. The van der Waals surface area contributed by atoms with Crippen LogP contribution in [0.15, 0.2) is 29.6 Å². The Labute approximate surface area is 119 Å². The first-order chi connectivity index (χ1) is 9.49. The van der Waals surface area contributed by atoms with Gasteiger partial charge in [0.15, 0.2) is 0 Å². The van der Waals surface area contributed by atoms with Crippen molar-refractivity contribution in [2.75, 3.05) is 5.73 Å². The first-order valence-electron chi connectivity index (χ1n) is 5.84. The summed E-state index contributed by atoms with van der Waals surface area (Å²) in [4.78, 5) is 23.4. The lowest BCUT2D eigenvalue weighted by atomic mass is 10.1. The minimum absolute atomic E-state index is 0.0239. The molecule has 0 aliphatic carbocycles. The number of benzene rings is 1. The van der Waals surface area contributed by atoms with Crippen LogP contribution in [0.1, 0.15) is 20.8 Å². The zero-order chi connectivity index (χ0) is 14.7. The van der Waals surface area contributed by atoms with E-state index in [0.717, 1.165) is 10.4 Å². The summed E-state index contributed by atoms with van der Waals surface area (Å²) in [6, 6.07) is 5.91. The number of carbonyl (C=O) groups is 1. The Balaban J connectivity index is 2.19. The van der Waals surface area contributed by atoms with Crippen LogP contribution in [0.25, 0.3) is 0 Å². The summed E-state index contributed by atoms with van der Waals surface area (Å²) in [7, 11) is 0. The lowest BCUT2D eigenvalue weighted by molar-refractivity contribution is -0.385. The highest BCUT2D eigenvalue weighted by Crippen LogP contribution is 2.21. The third kappa shape index (κ3) is 2.94. The van der Waals surface area contributed by atoms with Crippen LogP contribution in [0.3, 0.4) is 0 Å². The van der Waals surface area contributed by atoms with Crippen molar-refractivity contribution in [2.24, 2.45) is 0 Å². The molecule has 0 saturated heterocycles. The van der Waals surface area contributed by atoms with Crippen molar-refractivity contribution in [3.63, 3.8) is 0 Å². The molecule has 7 heteroatoms. The molecule has 104 valence electrons. The molecule has 0 spiro atoms. The largest absolute Gasteiger partial charge is 0.399 e. The van der Waals surface area contributed by atoms with Crippen molar-refractivity contribution in [2.45, 2.75) is 13.5 Å². The van der Waals surface area contributed by atoms with Crippen molar-refractivity contribution < 1.29 is 9.72 Å². The summed E-state index contributed by atoms with van der Waals surface area (Å²) in [5.74, 6) is -0.503. The fraction of sp³-hybridized carbons (Fsp3) is 0.154. The number of nitro groups is 1. The first-order valence-corrected chi connectivity index (χ1v) is 6.72. The highest BCUT2D eigenvalue weighted by atomic mass is 32.1. The predicted octanol–water partition coefficient (Wildman–Crippen LogP) is 2.48. The number of nitro benzene ring substituents is 1. The Kier molecular flexibility index (Phi) is 3.99. The number of nitrogens with zero attached hydrogens (tertiary/aromatic N) is 1. The van der Waals surface area contributed by atoms with Crippen LogP contribution in [0.4, 0.5) is 11.4 Å². The number of rotatable bonds is 4. The second-order valence-corrected chi connectivity index (χ2v) is 5.24. The van der Waals surface area contributed by atoms with Crippen LogP contribution < -0.4 is 11.1 Å². The molecular formula is C13H13N3O3S. The Morgan fingerprint density at radius 3 is 2.80 bits per heavy atom. The van der Waals surface area contributed by atoms with Gasteiger partial charge in [-0.15, -0.1) is 11.3 Å². The second-order valence-electron chi connectivity index (χ2n) is 4.24. The summed E-state index contributed by atoms with van der Waals surface area (Å²) < 4.78 is 0. The summed E-state index contributed by atoms with van der Waals surface area (Å²) in [6.45, 7) is 2.29. The lowest BCUT2D eigenvalue weighted by Crippen LogP contribution is -2.23. The van der Waals surface area contributed by atoms with Gasteiger partial charge in [0, 0.05) is 16.6 Å². The number of aryl methyl sites for hydroxylation is 1. The summed E-state index contributed by atoms with van der Waals surface area (Å²) >= 11 is 1.53. The van der Waals surface area contributed by atoms with Gasteiger partial charge in [0.1, 0.15) is 5.56 Å². The summed E-state index contributed by atoms with van der Waals surface area (Å²) in [5, 5.41) is 15.5. The Bertz CT molecular complexity index is 667. The number of amides is 1. The maximum absolute atomic E-state index is 12.1. The third-order valence-electron chi connectivity index (χ3n) is 2.84. The van der Waals surface area contributed by atoms with Gasteiger partial charge in [-0.2, -0.15) is 0 Å². The fourth-order valence-corrected chi connectivity index (χ4v) is 2.58. The van der Waals surface area contributed by atoms with Gasteiger partial charge in [-0.25, -0.2) is 0 Å². The molecule has 0 atom stereocenters. The maximum Gasteiger partial charge on any atom is 0.282 e. The molecule has 2 aromatic rings. The molecule has 1 amide bonds. The van der Waals surface area contributed by atoms with Crippen molar-refractivity contribution in [3.05, 3.63) is 55.8 Å². The molecule has 2 rings (SSSR count). The maximum atomic E-state index is 12.1. The molecule has 0 aliphatic rings. The molecule has 0 saturated carbocycles. The van der Waals surface area contributed by atoms with E-state index in [4.69, 9.17) is 5.73 Å². The van der Waals surface area contributed by atoms with E-state index in [-0.39, 0.29) is 11.3 Å². The van der Waals surface area contributed by atoms with Crippen LogP contribution >= 0.6 is 11.3 Å². The lowest BCUT2D eigenvalue weighted by Gasteiger charge is -2.06. The number of nitrogens with two attached hydrogens (primary N) is 1. The average Bonchev–Trinajstić information content (AvgIpc) is 2.81. The molecule has 0 unspecified atom stereocenters. The number of nitrogens with one attached hydrogen (secondary N) is 1. The van der Waals surface area contributed by atoms with E-state index in [1.165, 1.54) is 29.5 Å². The van der Waals surface area contributed by atoms with Gasteiger partial charge in [0.25, 0.3) is 11.6 Å². The van der Waals surface area contributed by atoms with Crippen molar-refractivity contribution >= 4 is 28.6 Å². The molecule has 0 fully saturated rings. The fourth-order valence-electron chi connectivity index (χ4n) is 1.74. The molecule has 0 aliphatic heterocycles. The summed E-state index contributed by atoms with van der Waals surface area (Å²) in [5.41, 5.74) is 6.70. The first kappa shape index (κ1) is 14.0. The molecule has 1 aromatic carbocycles. The number of hydrogen-bond acceptors (Lipinski definition) is 5. The quantitative estimate of drug-likeness (QED) is 0.513. The van der Waals surface area contributed by atoms with E-state index < -0.39 is 10.8 Å². The monoisotopic (exact) mass is 291 g/mol. The van der Waals surface area contributed by atoms with Crippen molar-refractivity contribution in [1.82, 2.24) is 5.32 Å². The second kappa shape index (κ2) is 5.70. The average molecular weight is 291 g/mol. The molecule has 0 radical (unpaired) electrons. The van der Waals surface area contributed by atoms with Crippen LogP contribution in [-0.2, 0) is 6.54 Å². The van der Waals surface area contributed by atoms with E-state index in [2.05, 4.69) is 5.32 Å².